The van der Waals surface area contributed by atoms with Crippen molar-refractivity contribution in [1.82, 2.24) is 14.4 Å². The van der Waals surface area contributed by atoms with E-state index in [2.05, 4.69) is 34.4 Å². The van der Waals surface area contributed by atoms with Crippen LogP contribution in [0.15, 0.2) is 18.6 Å². The first-order valence-corrected chi connectivity index (χ1v) is 7.60. The fourth-order valence-electron chi connectivity index (χ4n) is 3.05. The van der Waals surface area contributed by atoms with E-state index >= 15 is 0 Å². The summed E-state index contributed by atoms with van der Waals surface area (Å²) in [6.07, 6.45) is 10.9. The van der Waals surface area contributed by atoms with E-state index in [0.29, 0.717) is 6.04 Å². The molecule has 1 fully saturated rings. The van der Waals surface area contributed by atoms with E-state index in [-0.39, 0.29) is 0 Å². The van der Waals surface area contributed by atoms with Crippen LogP contribution < -0.4 is 10.6 Å². The molecule has 2 N–H and O–H groups in total. The molecule has 2 atom stereocenters. The minimum Gasteiger partial charge on any atom is -0.369 e. The quantitative estimate of drug-likeness (QED) is 0.898. The third-order valence-electron chi connectivity index (χ3n) is 4.01. The number of hydrogen-bond acceptors (Lipinski definition) is 4. The van der Waals surface area contributed by atoms with Crippen molar-refractivity contribution in [2.24, 2.45) is 5.92 Å². The highest BCUT2D eigenvalue weighted by Gasteiger charge is 2.20. The van der Waals surface area contributed by atoms with Crippen LogP contribution in [-0.2, 0) is 0 Å². The SMILES string of the molecule is CCNc1cn2ccnc2c(NC2CCCC(C)C2)n1. The molecule has 1 saturated carbocycles. The van der Waals surface area contributed by atoms with Gasteiger partial charge < -0.3 is 15.0 Å². The Morgan fingerprint density at radius 1 is 1.40 bits per heavy atom. The van der Waals surface area contributed by atoms with Crippen LogP contribution in [0.4, 0.5) is 11.6 Å². The molecule has 0 spiro atoms. The fourth-order valence-corrected chi connectivity index (χ4v) is 3.05. The minimum atomic E-state index is 0.517. The number of nitrogens with zero attached hydrogens (tertiary/aromatic N) is 3. The van der Waals surface area contributed by atoms with Gasteiger partial charge in [-0.25, -0.2) is 9.97 Å². The maximum atomic E-state index is 4.68. The first kappa shape index (κ1) is 13.2. The van der Waals surface area contributed by atoms with E-state index in [1.54, 1.807) is 0 Å². The van der Waals surface area contributed by atoms with Crippen molar-refractivity contribution < 1.29 is 0 Å². The van der Waals surface area contributed by atoms with E-state index < -0.39 is 0 Å². The highest BCUT2D eigenvalue weighted by atomic mass is 15.2. The van der Waals surface area contributed by atoms with E-state index in [1.807, 2.05) is 23.0 Å². The van der Waals surface area contributed by atoms with Gasteiger partial charge in [0.05, 0.1) is 6.20 Å². The molecule has 1 aliphatic carbocycles. The summed E-state index contributed by atoms with van der Waals surface area (Å²) in [5, 5.41) is 6.88. The number of imidazole rings is 1. The number of aromatic nitrogens is 3. The Morgan fingerprint density at radius 2 is 2.30 bits per heavy atom. The Morgan fingerprint density at radius 3 is 3.10 bits per heavy atom. The molecule has 20 heavy (non-hydrogen) atoms. The highest BCUT2D eigenvalue weighted by Crippen LogP contribution is 2.27. The van der Waals surface area contributed by atoms with Crippen molar-refractivity contribution in [2.45, 2.75) is 45.6 Å². The van der Waals surface area contributed by atoms with Crippen molar-refractivity contribution in [1.29, 1.82) is 0 Å². The lowest BCUT2D eigenvalue weighted by molar-refractivity contribution is 0.358. The average Bonchev–Trinajstić information content (AvgIpc) is 2.87. The van der Waals surface area contributed by atoms with Gasteiger partial charge in [0.15, 0.2) is 11.5 Å². The third-order valence-corrected chi connectivity index (χ3v) is 4.01. The molecule has 0 aromatic carbocycles. The van der Waals surface area contributed by atoms with Gasteiger partial charge in [-0.1, -0.05) is 19.8 Å². The number of rotatable bonds is 4. The van der Waals surface area contributed by atoms with Crippen molar-refractivity contribution >= 4 is 17.3 Å². The molecule has 0 radical (unpaired) electrons. The average molecular weight is 273 g/mol. The molecule has 108 valence electrons. The molecule has 5 heteroatoms. The number of anilines is 2. The summed E-state index contributed by atoms with van der Waals surface area (Å²) in [7, 11) is 0. The van der Waals surface area contributed by atoms with Crippen LogP contribution in [0.2, 0.25) is 0 Å². The summed E-state index contributed by atoms with van der Waals surface area (Å²) in [5.41, 5.74) is 0.907. The van der Waals surface area contributed by atoms with E-state index in [9.17, 15) is 0 Å². The maximum absolute atomic E-state index is 4.68. The van der Waals surface area contributed by atoms with Crippen molar-refractivity contribution in [2.75, 3.05) is 17.2 Å². The molecule has 0 aliphatic heterocycles. The molecular formula is C15H23N5. The van der Waals surface area contributed by atoms with Crippen LogP contribution in [0.1, 0.15) is 39.5 Å². The molecule has 3 rings (SSSR count). The van der Waals surface area contributed by atoms with Gasteiger partial charge in [-0.15, -0.1) is 0 Å². The number of nitrogens with one attached hydrogen (secondary N) is 2. The van der Waals surface area contributed by atoms with Crippen LogP contribution >= 0.6 is 0 Å². The normalized spacial score (nSPS) is 22.9. The van der Waals surface area contributed by atoms with Crippen LogP contribution in [-0.4, -0.2) is 27.0 Å². The number of hydrogen-bond donors (Lipinski definition) is 2. The largest absolute Gasteiger partial charge is 0.369 e. The predicted molar refractivity (Wildman–Crippen MR) is 82.2 cm³/mol. The van der Waals surface area contributed by atoms with E-state index in [0.717, 1.165) is 29.7 Å². The third kappa shape index (κ3) is 2.71. The second-order valence-corrected chi connectivity index (χ2v) is 5.78. The Hall–Kier alpha value is -1.78. The lowest BCUT2D eigenvalue weighted by Gasteiger charge is -2.28. The van der Waals surface area contributed by atoms with Crippen LogP contribution in [0, 0.1) is 5.92 Å². The Kier molecular flexibility index (Phi) is 3.76. The van der Waals surface area contributed by atoms with Crippen LogP contribution in [0.5, 0.6) is 0 Å². The minimum absolute atomic E-state index is 0.517. The zero-order valence-electron chi connectivity index (χ0n) is 12.3. The summed E-state index contributed by atoms with van der Waals surface area (Å²) < 4.78 is 2.03. The maximum Gasteiger partial charge on any atom is 0.180 e. The second kappa shape index (κ2) is 5.69. The summed E-state index contributed by atoms with van der Waals surface area (Å²) in [4.78, 5) is 9.09. The topological polar surface area (TPSA) is 54.2 Å². The molecule has 5 nitrogen and oxygen atoms in total. The lowest BCUT2D eigenvalue weighted by Crippen LogP contribution is -2.27. The van der Waals surface area contributed by atoms with Gasteiger partial charge >= 0.3 is 0 Å². The smallest absolute Gasteiger partial charge is 0.180 e. The summed E-state index contributed by atoms with van der Waals surface area (Å²) in [5.74, 6) is 2.59. The molecule has 2 aromatic heterocycles. The summed E-state index contributed by atoms with van der Waals surface area (Å²) in [6, 6.07) is 0.517. The highest BCUT2D eigenvalue weighted by molar-refractivity contribution is 5.65. The second-order valence-electron chi connectivity index (χ2n) is 5.78. The standard InChI is InChI=1S/C15H23N5/c1-3-16-13-10-20-8-7-17-15(20)14(19-13)18-12-6-4-5-11(2)9-12/h7-8,10-12,16H,3-6,9H2,1-2H3,(H,18,19). The molecule has 2 unspecified atom stereocenters. The zero-order chi connectivity index (χ0) is 13.9. The van der Waals surface area contributed by atoms with Gasteiger partial charge in [0.2, 0.25) is 0 Å². The molecule has 0 saturated heterocycles. The molecule has 2 heterocycles. The monoisotopic (exact) mass is 273 g/mol. The Labute approximate surface area is 119 Å². The van der Waals surface area contributed by atoms with Crippen molar-refractivity contribution in [3.8, 4) is 0 Å². The zero-order valence-corrected chi connectivity index (χ0v) is 12.3. The van der Waals surface area contributed by atoms with Crippen LogP contribution in [0.25, 0.3) is 5.65 Å². The van der Waals surface area contributed by atoms with Crippen molar-refractivity contribution in [3.63, 3.8) is 0 Å². The molecule has 1 aliphatic rings. The van der Waals surface area contributed by atoms with Gasteiger partial charge in [-0.3, -0.25) is 0 Å². The molecule has 0 amide bonds. The van der Waals surface area contributed by atoms with Gasteiger partial charge in [-0.05, 0) is 25.7 Å². The van der Waals surface area contributed by atoms with Gasteiger partial charge in [-0.2, -0.15) is 0 Å². The Bertz CT molecular complexity index is 577. The number of fused-ring (bicyclic) bond motifs is 1. The van der Waals surface area contributed by atoms with E-state index in [4.69, 9.17) is 0 Å². The first-order chi connectivity index (χ1) is 9.76. The first-order valence-electron chi connectivity index (χ1n) is 7.60. The molecule has 0 bridgehead atoms. The Balaban J connectivity index is 1.86. The molecule has 2 aromatic rings. The summed E-state index contributed by atoms with van der Waals surface area (Å²) in [6.45, 7) is 5.28. The van der Waals surface area contributed by atoms with Crippen molar-refractivity contribution in [3.05, 3.63) is 18.6 Å². The lowest BCUT2D eigenvalue weighted by atomic mass is 9.87. The predicted octanol–water partition coefficient (Wildman–Crippen LogP) is 3.15. The fraction of sp³-hybridized carbons (Fsp3) is 0.600. The van der Waals surface area contributed by atoms with Crippen LogP contribution in [0.3, 0.4) is 0 Å². The van der Waals surface area contributed by atoms with E-state index in [1.165, 1.54) is 25.7 Å². The van der Waals surface area contributed by atoms with Gasteiger partial charge in [0, 0.05) is 25.0 Å². The molecular weight excluding hydrogens is 250 g/mol. The van der Waals surface area contributed by atoms with Gasteiger partial charge in [0.25, 0.3) is 0 Å². The van der Waals surface area contributed by atoms with Gasteiger partial charge in [0.1, 0.15) is 5.82 Å². The summed E-state index contributed by atoms with van der Waals surface area (Å²) >= 11 is 0.